The number of hydrogen-bond acceptors (Lipinski definition) is 4. The Hall–Kier alpha value is -3.15. The SMILES string of the molecule is COCc1cc(C(=O)N2CCN(C(c3ccccc3)c3ccccc3)CC2)ccc1OC. The molecular weight excluding hydrogens is 400 g/mol. The van der Waals surface area contributed by atoms with E-state index >= 15 is 0 Å². The molecule has 0 atom stereocenters. The Bertz CT molecular complexity index is 976. The number of amides is 1. The lowest BCUT2D eigenvalue weighted by molar-refractivity contribution is 0.0597. The maximum atomic E-state index is 13.2. The highest BCUT2D eigenvalue weighted by atomic mass is 16.5. The van der Waals surface area contributed by atoms with Crippen molar-refractivity contribution in [2.24, 2.45) is 0 Å². The number of ether oxygens (including phenoxy) is 2. The Morgan fingerprint density at radius 2 is 1.44 bits per heavy atom. The molecule has 5 heteroatoms. The molecule has 3 aromatic carbocycles. The highest BCUT2D eigenvalue weighted by molar-refractivity contribution is 5.94. The summed E-state index contributed by atoms with van der Waals surface area (Å²) in [6.45, 7) is 3.44. The van der Waals surface area contributed by atoms with Crippen LogP contribution in [0, 0.1) is 0 Å². The van der Waals surface area contributed by atoms with E-state index in [1.54, 1.807) is 14.2 Å². The molecule has 1 fully saturated rings. The average molecular weight is 431 g/mol. The minimum Gasteiger partial charge on any atom is -0.496 e. The molecule has 1 heterocycles. The molecule has 4 rings (SSSR count). The number of nitrogens with zero attached hydrogens (tertiary/aromatic N) is 2. The smallest absolute Gasteiger partial charge is 0.253 e. The Labute approximate surface area is 190 Å². The van der Waals surface area contributed by atoms with Crippen LogP contribution in [0.25, 0.3) is 0 Å². The molecule has 0 spiro atoms. The Morgan fingerprint density at radius 1 is 0.844 bits per heavy atom. The highest BCUT2D eigenvalue weighted by Gasteiger charge is 2.28. The Balaban J connectivity index is 1.49. The number of rotatable bonds is 7. The van der Waals surface area contributed by atoms with Crippen LogP contribution in [0.2, 0.25) is 0 Å². The predicted octanol–water partition coefficient (Wildman–Crippen LogP) is 4.39. The van der Waals surface area contributed by atoms with Gasteiger partial charge in [-0.1, -0.05) is 60.7 Å². The van der Waals surface area contributed by atoms with Crippen molar-refractivity contribution in [2.75, 3.05) is 40.4 Å². The van der Waals surface area contributed by atoms with Crippen LogP contribution in [-0.4, -0.2) is 56.1 Å². The first-order valence-corrected chi connectivity index (χ1v) is 11.0. The van der Waals surface area contributed by atoms with E-state index < -0.39 is 0 Å². The maximum Gasteiger partial charge on any atom is 0.253 e. The first-order valence-electron chi connectivity index (χ1n) is 11.0. The third-order valence-corrected chi connectivity index (χ3v) is 6.02. The topological polar surface area (TPSA) is 42.0 Å². The van der Waals surface area contributed by atoms with Crippen LogP contribution in [0.4, 0.5) is 0 Å². The molecule has 0 N–H and O–H groups in total. The fraction of sp³-hybridized carbons (Fsp3) is 0.296. The molecule has 0 aliphatic carbocycles. The van der Waals surface area contributed by atoms with Gasteiger partial charge in [-0.25, -0.2) is 0 Å². The van der Waals surface area contributed by atoms with Crippen LogP contribution in [0.1, 0.15) is 33.1 Å². The van der Waals surface area contributed by atoms with Crippen molar-refractivity contribution in [3.05, 3.63) is 101 Å². The monoisotopic (exact) mass is 430 g/mol. The molecule has 0 radical (unpaired) electrons. The van der Waals surface area contributed by atoms with E-state index in [0.29, 0.717) is 25.3 Å². The second kappa shape index (κ2) is 10.4. The summed E-state index contributed by atoms with van der Waals surface area (Å²) in [7, 11) is 3.27. The van der Waals surface area contributed by atoms with Gasteiger partial charge < -0.3 is 14.4 Å². The normalized spacial score (nSPS) is 14.5. The van der Waals surface area contributed by atoms with Gasteiger partial charge in [0.15, 0.2) is 0 Å². The van der Waals surface area contributed by atoms with Crippen molar-refractivity contribution >= 4 is 5.91 Å². The molecule has 1 amide bonds. The van der Waals surface area contributed by atoms with Gasteiger partial charge in [0.25, 0.3) is 5.91 Å². The highest BCUT2D eigenvalue weighted by Crippen LogP contribution is 2.30. The van der Waals surface area contributed by atoms with E-state index in [-0.39, 0.29) is 11.9 Å². The summed E-state index contributed by atoms with van der Waals surface area (Å²) in [5.74, 6) is 0.794. The zero-order chi connectivity index (χ0) is 22.3. The molecular formula is C27H30N2O3. The number of hydrogen-bond donors (Lipinski definition) is 0. The molecule has 1 aliphatic rings. The number of methoxy groups -OCH3 is 2. The van der Waals surface area contributed by atoms with Gasteiger partial charge in [-0.15, -0.1) is 0 Å². The van der Waals surface area contributed by atoms with E-state index in [1.807, 2.05) is 23.1 Å². The van der Waals surface area contributed by atoms with E-state index in [1.165, 1.54) is 11.1 Å². The minimum absolute atomic E-state index is 0.0561. The fourth-order valence-corrected chi connectivity index (χ4v) is 4.43. The second-order valence-corrected chi connectivity index (χ2v) is 8.01. The summed E-state index contributed by atoms with van der Waals surface area (Å²) in [5, 5.41) is 0. The van der Waals surface area contributed by atoms with Crippen LogP contribution in [-0.2, 0) is 11.3 Å². The predicted molar refractivity (Wildman–Crippen MR) is 126 cm³/mol. The molecule has 0 unspecified atom stereocenters. The summed E-state index contributed by atoms with van der Waals surface area (Å²) in [5.41, 5.74) is 4.11. The zero-order valence-electron chi connectivity index (χ0n) is 18.7. The molecule has 0 aromatic heterocycles. The Morgan fingerprint density at radius 3 is 1.97 bits per heavy atom. The summed E-state index contributed by atoms with van der Waals surface area (Å²) in [6.07, 6.45) is 0. The number of piperazine rings is 1. The average Bonchev–Trinajstić information content (AvgIpc) is 2.86. The molecule has 3 aromatic rings. The number of benzene rings is 3. The van der Waals surface area contributed by atoms with Crippen molar-refractivity contribution in [3.63, 3.8) is 0 Å². The van der Waals surface area contributed by atoms with Crippen molar-refractivity contribution in [1.29, 1.82) is 0 Å². The van der Waals surface area contributed by atoms with Crippen LogP contribution in [0.5, 0.6) is 5.75 Å². The molecule has 0 bridgehead atoms. The largest absolute Gasteiger partial charge is 0.496 e. The van der Waals surface area contributed by atoms with Crippen LogP contribution in [0.3, 0.4) is 0 Å². The van der Waals surface area contributed by atoms with Crippen molar-refractivity contribution in [2.45, 2.75) is 12.6 Å². The van der Waals surface area contributed by atoms with E-state index in [4.69, 9.17) is 9.47 Å². The van der Waals surface area contributed by atoms with Crippen LogP contribution in [0.15, 0.2) is 78.9 Å². The quantitative estimate of drug-likeness (QED) is 0.558. The maximum absolute atomic E-state index is 13.2. The first kappa shape index (κ1) is 22.1. The summed E-state index contributed by atoms with van der Waals surface area (Å²) in [6, 6.07) is 26.9. The molecule has 1 aliphatic heterocycles. The molecule has 0 saturated carbocycles. The van der Waals surface area contributed by atoms with E-state index in [9.17, 15) is 4.79 Å². The molecule has 1 saturated heterocycles. The van der Waals surface area contributed by atoms with Gasteiger partial charge in [0.05, 0.1) is 19.8 Å². The standard InChI is InChI=1S/C27H30N2O3/c1-31-20-24-19-23(13-14-25(24)32-2)27(30)29-17-15-28(16-18-29)26(21-9-5-3-6-10-21)22-11-7-4-8-12-22/h3-14,19,26H,15-18,20H2,1-2H3. The lowest BCUT2D eigenvalue weighted by Gasteiger charge is -2.40. The Kier molecular flexibility index (Phi) is 7.20. The lowest BCUT2D eigenvalue weighted by Crippen LogP contribution is -2.49. The van der Waals surface area contributed by atoms with Gasteiger partial charge in [0.2, 0.25) is 0 Å². The van der Waals surface area contributed by atoms with Gasteiger partial charge >= 0.3 is 0 Å². The lowest BCUT2D eigenvalue weighted by atomic mass is 9.96. The van der Waals surface area contributed by atoms with Crippen molar-refractivity contribution in [3.8, 4) is 5.75 Å². The minimum atomic E-state index is 0.0561. The van der Waals surface area contributed by atoms with Gasteiger partial charge in [0, 0.05) is 44.4 Å². The third kappa shape index (κ3) is 4.85. The fourth-order valence-electron chi connectivity index (χ4n) is 4.43. The summed E-state index contributed by atoms with van der Waals surface area (Å²) >= 11 is 0. The zero-order valence-corrected chi connectivity index (χ0v) is 18.7. The van der Waals surface area contributed by atoms with Crippen LogP contribution >= 0.6 is 0 Å². The molecule has 5 nitrogen and oxygen atoms in total. The van der Waals surface area contributed by atoms with Gasteiger partial charge in [-0.05, 0) is 29.3 Å². The molecule has 32 heavy (non-hydrogen) atoms. The first-order chi connectivity index (χ1) is 15.7. The second-order valence-electron chi connectivity index (χ2n) is 8.01. The van der Waals surface area contributed by atoms with E-state index in [0.717, 1.165) is 24.4 Å². The van der Waals surface area contributed by atoms with E-state index in [2.05, 4.69) is 65.6 Å². The van der Waals surface area contributed by atoms with Gasteiger partial charge in [-0.3, -0.25) is 9.69 Å². The molecule has 166 valence electrons. The van der Waals surface area contributed by atoms with Crippen LogP contribution < -0.4 is 4.74 Å². The summed E-state index contributed by atoms with van der Waals surface area (Å²) in [4.78, 5) is 17.6. The third-order valence-electron chi connectivity index (χ3n) is 6.02. The van der Waals surface area contributed by atoms with Crippen molar-refractivity contribution < 1.29 is 14.3 Å². The number of carbonyl (C=O) groups is 1. The van der Waals surface area contributed by atoms with Crippen molar-refractivity contribution in [1.82, 2.24) is 9.80 Å². The number of carbonyl (C=O) groups excluding carboxylic acids is 1. The van der Waals surface area contributed by atoms with Gasteiger partial charge in [-0.2, -0.15) is 0 Å². The van der Waals surface area contributed by atoms with Gasteiger partial charge in [0.1, 0.15) is 5.75 Å². The summed E-state index contributed by atoms with van der Waals surface area (Å²) < 4.78 is 10.7.